The van der Waals surface area contributed by atoms with Gasteiger partial charge in [-0.1, -0.05) is 18.2 Å². The van der Waals surface area contributed by atoms with Crippen molar-refractivity contribution < 1.29 is 19.0 Å². The lowest BCUT2D eigenvalue weighted by atomic mass is 10.1. The van der Waals surface area contributed by atoms with Crippen molar-refractivity contribution in [3.05, 3.63) is 35.6 Å². The molecule has 0 saturated carbocycles. The molecule has 0 bridgehead atoms. The summed E-state index contributed by atoms with van der Waals surface area (Å²) in [5.74, 6) is -0.651. The number of rotatable bonds is 8. The average Bonchev–Trinajstić information content (AvgIpc) is 2.45. The number of ether oxygens (including phenoxy) is 1. The highest BCUT2D eigenvalue weighted by molar-refractivity contribution is 5.81. The van der Waals surface area contributed by atoms with Crippen molar-refractivity contribution in [3.8, 4) is 0 Å². The molecule has 1 aromatic rings. The third kappa shape index (κ3) is 5.24. The molecule has 3 N–H and O–H groups in total. The minimum atomic E-state index is -0.995. The molecule has 0 radical (unpaired) electrons. The molecule has 0 aliphatic rings. The zero-order valence-corrected chi connectivity index (χ0v) is 11.7. The standard InChI is InChI=1S/C14H21FN2O3/c1-10(14(19)16-7-8-20-2)17-9-13(18)11-5-3-4-6-12(11)15/h3-6,10,13,17-18H,7-9H2,1-2H3,(H,16,19). The Balaban J connectivity index is 2.38. The minimum absolute atomic E-state index is 0.0970. The van der Waals surface area contributed by atoms with Crippen molar-refractivity contribution in [2.45, 2.75) is 19.1 Å². The lowest BCUT2D eigenvalue weighted by Gasteiger charge is -2.17. The van der Waals surface area contributed by atoms with Gasteiger partial charge in [-0.15, -0.1) is 0 Å². The number of aliphatic hydroxyl groups is 1. The lowest BCUT2D eigenvalue weighted by Crippen LogP contribution is -2.44. The van der Waals surface area contributed by atoms with E-state index in [-0.39, 0.29) is 18.0 Å². The second kappa shape index (κ2) is 8.63. The van der Waals surface area contributed by atoms with E-state index >= 15 is 0 Å². The van der Waals surface area contributed by atoms with E-state index in [1.54, 1.807) is 26.2 Å². The molecule has 1 rings (SSSR count). The van der Waals surface area contributed by atoms with Crippen molar-refractivity contribution >= 4 is 5.91 Å². The van der Waals surface area contributed by atoms with Gasteiger partial charge in [0.1, 0.15) is 5.82 Å². The summed E-state index contributed by atoms with van der Waals surface area (Å²) < 4.78 is 18.3. The number of carbonyl (C=O) groups excluding carboxylic acids is 1. The molecule has 2 atom stereocenters. The largest absolute Gasteiger partial charge is 0.387 e. The molecule has 20 heavy (non-hydrogen) atoms. The van der Waals surface area contributed by atoms with Crippen LogP contribution in [0.5, 0.6) is 0 Å². The van der Waals surface area contributed by atoms with Gasteiger partial charge >= 0.3 is 0 Å². The summed E-state index contributed by atoms with van der Waals surface area (Å²) in [5, 5.41) is 15.4. The first-order valence-electron chi connectivity index (χ1n) is 6.48. The molecule has 5 nitrogen and oxygen atoms in total. The van der Waals surface area contributed by atoms with E-state index in [1.165, 1.54) is 12.1 Å². The van der Waals surface area contributed by atoms with Crippen molar-refractivity contribution in [1.29, 1.82) is 0 Å². The fraction of sp³-hybridized carbons (Fsp3) is 0.500. The molecule has 0 saturated heterocycles. The van der Waals surface area contributed by atoms with Crippen molar-refractivity contribution in [1.82, 2.24) is 10.6 Å². The zero-order chi connectivity index (χ0) is 15.0. The van der Waals surface area contributed by atoms with Crippen LogP contribution < -0.4 is 10.6 Å². The predicted octanol–water partition coefficient (Wildman–Crippen LogP) is 0.600. The van der Waals surface area contributed by atoms with Gasteiger partial charge in [-0.25, -0.2) is 4.39 Å². The van der Waals surface area contributed by atoms with Crippen LogP contribution in [0.25, 0.3) is 0 Å². The molecule has 0 aliphatic heterocycles. The number of benzene rings is 1. The average molecular weight is 284 g/mol. The number of amides is 1. The Kier molecular flexibility index (Phi) is 7.14. The van der Waals surface area contributed by atoms with Crippen molar-refractivity contribution in [3.63, 3.8) is 0 Å². The van der Waals surface area contributed by atoms with E-state index in [2.05, 4.69) is 10.6 Å². The molecule has 6 heteroatoms. The molecule has 112 valence electrons. The number of carbonyl (C=O) groups is 1. The minimum Gasteiger partial charge on any atom is -0.387 e. The molecular formula is C14H21FN2O3. The SMILES string of the molecule is COCCNC(=O)C(C)NCC(O)c1ccccc1F. The Morgan fingerprint density at radius 2 is 2.15 bits per heavy atom. The van der Waals surface area contributed by atoms with Crippen LogP contribution in [-0.2, 0) is 9.53 Å². The van der Waals surface area contributed by atoms with Gasteiger partial charge in [0.25, 0.3) is 0 Å². The summed E-state index contributed by atoms with van der Waals surface area (Å²) in [6.07, 6.45) is -0.995. The fourth-order valence-corrected chi connectivity index (χ4v) is 1.67. The summed E-state index contributed by atoms with van der Waals surface area (Å²) in [6, 6.07) is 5.55. The Morgan fingerprint density at radius 1 is 1.45 bits per heavy atom. The molecule has 0 aromatic heterocycles. The van der Waals surface area contributed by atoms with Crippen molar-refractivity contribution in [2.75, 3.05) is 26.8 Å². The Hall–Kier alpha value is -1.50. The second-order valence-electron chi connectivity index (χ2n) is 4.45. The van der Waals surface area contributed by atoms with Crippen molar-refractivity contribution in [2.24, 2.45) is 0 Å². The Labute approximate surface area is 118 Å². The maximum Gasteiger partial charge on any atom is 0.236 e. The number of halogens is 1. The van der Waals surface area contributed by atoms with Gasteiger partial charge in [0.2, 0.25) is 5.91 Å². The smallest absolute Gasteiger partial charge is 0.236 e. The highest BCUT2D eigenvalue weighted by Crippen LogP contribution is 2.15. The van der Waals surface area contributed by atoms with Crippen LogP contribution >= 0.6 is 0 Å². The number of aliphatic hydroxyl groups excluding tert-OH is 1. The van der Waals surface area contributed by atoms with E-state index < -0.39 is 18.0 Å². The predicted molar refractivity (Wildman–Crippen MR) is 73.7 cm³/mol. The quantitative estimate of drug-likeness (QED) is 0.611. The van der Waals surface area contributed by atoms with Crippen LogP contribution in [-0.4, -0.2) is 43.9 Å². The molecule has 0 heterocycles. The first-order valence-corrected chi connectivity index (χ1v) is 6.48. The number of hydrogen-bond donors (Lipinski definition) is 3. The third-order valence-electron chi connectivity index (χ3n) is 2.88. The van der Waals surface area contributed by atoms with Gasteiger partial charge in [-0.05, 0) is 13.0 Å². The lowest BCUT2D eigenvalue weighted by molar-refractivity contribution is -0.123. The number of hydrogen-bond acceptors (Lipinski definition) is 4. The molecule has 1 amide bonds. The third-order valence-corrected chi connectivity index (χ3v) is 2.88. The van der Waals surface area contributed by atoms with Gasteiger partial charge in [-0.2, -0.15) is 0 Å². The van der Waals surface area contributed by atoms with Gasteiger partial charge < -0.3 is 20.5 Å². The molecule has 2 unspecified atom stereocenters. The van der Waals surface area contributed by atoms with Crippen LogP contribution in [0, 0.1) is 5.82 Å². The molecular weight excluding hydrogens is 263 g/mol. The topological polar surface area (TPSA) is 70.6 Å². The van der Waals surface area contributed by atoms with Gasteiger partial charge in [0, 0.05) is 25.8 Å². The Bertz CT molecular complexity index is 429. The van der Waals surface area contributed by atoms with Gasteiger partial charge in [0.05, 0.1) is 18.8 Å². The highest BCUT2D eigenvalue weighted by Gasteiger charge is 2.16. The van der Waals surface area contributed by atoms with E-state index in [9.17, 15) is 14.3 Å². The number of methoxy groups -OCH3 is 1. The van der Waals surface area contributed by atoms with Crippen LogP contribution in [0.4, 0.5) is 4.39 Å². The Morgan fingerprint density at radius 3 is 2.80 bits per heavy atom. The summed E-state index contributed by atoms with van der Waals surface area (Å²) in [7, 11) is 1.55. The summed E-state index contributed by atoms with van der Waals surface area (Å²) in [6.45, 7) is 2.64. The normalized spacial score (nSPS) is 13.8. The summed E-state index contributed by atoms with van der Waals surface area (Å²) in [4.78, 5) is 11.6. The second-order valence-corrected chi connectivity index (χ2v) is 4.45. The zero-order valence-electron chi connectivity index (χ0n) is 11.7. The monoisotopic (exact) mass is 284 g/mol. The van der Waals surface area contributed by atoms with Crippen LogP contribution in [0.15, 0.2) is 24.3 Å². The van der Waals surface area contributed by atoms with Crippen LogP contribution in [0.1, 0.15) is 18.6 Å². The molecule has 0 aliphatic carbocycles. The maximum absolute atomic E-state index is 13.4. The van der Waals surface area contributed by atoms with E-state index in [1.807, 2.05) is 0 Å². The molecule has 1 aromatic carbocycles. The first-order chi connectivity index (χ1) is 9.56. The van der Waals surface area contributed by atoms with E-state index in [0.717, 1.165) is 0 Å². The fourth-order valence-electron chi connectivity index (χ4n) is 1.67. The first kappa shape index (κ1) is 16.6. The van der Waals surface area contributed by atoms with Gasteiger partial charge in [-0.3, -0.25) is 4.79 Å². The summed E-state index contributed by atoms with van der Waals surface area (Å²) >= 11 is 0. The van der Waals surface area contributed by atoms with E-state index in [0.29, 0.717) is 13.2 Å². The number of nitrogens with one attached hydrogen (secondary N) is 2. The van der Waals surface area contributed by atoms with Gasteiger partial charge in [0.15, 0.2) is 0 Å². The maximum atomic E-state index is 13.4. The highest BCUT2D eigenvalue weighted by atomic mass is 19.1. The summed E-state index contributed by atoms with van der Waals surface area (Å²) in [5.41, 5.74) is 0.215. The van der Waals surface area contributed by atoms with Crippen LogP contribution in [0.3, 0.4) is 0 Å². The molecule has 0 spiro atoms. The van der Waals surface area contributed by atoms with E-state index in [4.69, 9.17) is 4.74 Å². The molecule has 0 fully saturated rings. The van der Waals surface area contributed by atoms with Crippen LogP contribution in [0.2, 0.25) is 0 Å².